The molecule has 0 spiro atoms. The molecule has 0 bridgehead atoms. The van der Waals surface area contributed by atoms with Crippen molar-refractivity contribution in [2.45, 2.75) is 26.3 Å². The van der Waals surface area contributed by atoms with E-state index in [1.54, 1.807) is 0 Å². The Labute approximate surface area is 131 Å². The predicted molar refractivity (Wildman–Crippen MR) is 87.3 cm³/mol. The van der Waals surface area contributed by atoms with E-state index in [0.717, 1.165) is 30.3 Å². The number of benzene rings is 2. The van der Waals surface area contributed by atoms with Gasteiger partial charge >= 0.3 is 0 Å². The Morgan fingerprint density at radius 1 is 1.24 bits per heavy atom. The molecule has 1 heterocycles. The lowest BCUT2D eigenvalue weighted by molar-refractivity contribution is 0.357. The van der Waals surface area contributed by atoms with Crippen LogP contribution in [0.5, 0.6) is 5.75 Å². The second kappa shape index (κ2) is 6.08. The molecule has 2 aromatic rings. The van der Waals surface area contributed by atoms with Crippen LogP contribution in [0.4, 0.5) is 0 Å². The van der Waals surface area contributed by atoms with Gasteiger partial charge in [-0.25, -0.2) is 0 Å². The average molecular weight is 302 g/mol. The van der Waals surface area contributed by atoms with Crippen LogP contribution in [0.2, 0.25) is 5.02 Å². The molecule has 1 atom stereocenters. The lowest BCUT2D eigenvalue weighted by Gasteiger charge is -2.22. The Bertz CT molecular complexity index is 654. The van der Waals surface area contributed by atoms with Crippen LogP contribution in [0, 0.1) is 6.92 Å². The largest absolute Gasteiger partial charge is 0.493 e. The van der Waals surface area contributed by atoms with Gasteiger partial charge in [-0.3, -0.25) is 0 Å². The number of hydrogen-bond acceptors (Lipinski definition) is 2. The van der Waals surface area contributed by atoms with Crippen LogP contribution in [-0.2, 0) is 6.42 Å². The summed E-state index contributed by atoms with van der Waals surface area (Å²) in [5.74, 6) is 1.02. The molecule has 21 heavy (non-hydrogen) atoms. The maximum absolute atomic E-state index is 6.19. The second-order valence-corrected chi connectivity index (χ2v) is 5.89. The van der Waals surface area contributed by atoms with Crippen LogP contribution in [0.25, 0.3) is 0 Å². The molecule has 0 fully saturated rings. The SMILES string of the molecule is CCNC(c1ccc2c(c1)CCO2)c1cc(Cl)ccc1C. The molecule has 0 aromatic heterocycles. The molecule has 0 saturated heterocycles. The van der Waals surface area contributed by atoms with E-state index in [2.05, 4.69) is 49.5 Å². The fraction of sp³-hybridized carbons (Fsp3) is 0.333. The minimum atomic E-state index is 0.166. The number of fused-ring (bicyclic) bond motifs is 1. The van der Waals surface area contributed by atoms with Gasteiger partial charge in [0.15, 0.2) is 0 Å². The zero-order valence-electron chi connectivity index (χ0n) is 12.4. The highest BCUT2D eigenvalue weighted by Gasteiger charge is 2.19. The normalized spacial score (nSPS) is 14.6. The van der Waals surface area contributed by atoms with Gasteiger partial charge in [0.25, 0.3) is 0 Å². The zero-order valence-corrected chi connectivity index (χ0v) is 13.2. The standard InChI is InChI=1S/C18H20ClNO/c1-3-20-18(16-11-15(19)6-4-12(16)2)14-5-7-17-13(10-14)8-9-21-17/h4-7,10-11,18,20H,3,8-9H2,1-2H3. The third-order valence-corrected chi connectivity index (χ3v) is 4.24. The summed E-state index contributed by atoms with van der Waals surface area (Å²) in [5, 5.41) is 4.36. The number of halogens is 1. The predicted octanol–water partition coefficient (Wildman–Crippen LogP) is 4.28. The number of nitrogens with one attached hydrogen (secondary N) is 1. The highest BCUT2D eigenvalue weighted by atomic mass is 35.5. The van der Waals surface area contributed by atoms with Gasteiger partial charge in [-0.1, -0.05) is 36.7 Å². The molecule has 3 rings (SSSR count). The Morgan fingerprint density at radius 3 is 2.90 bits per heavy atom. The quantitative estimate of drug-likeness (QED) is 0.910. The van der Waals surface area contributed by atoms with Crippen molar-refractivity contribution in [2.24, 2.45) is 0 Å². The van der Waals surface area contributed by atoms with Crippen molar-refractivity contribution in [2.75, 3.05) is 13.2 Å². The maximum atomic E-state index is 6.19. The Hall–Kier alpha value is -1.51. The van der Waals surface area contributed by atoms with Crippen molar-refractivity contribution in [1.29, 1.82) is 0 Å². The van der Waals surface area contributed by atoms with E-state index in [-0.39, 0.29) is 6.04 Å². The summed E-state index contributed by atoms with van der Waals surface area (Å²) in [5.41, 5.74) is 5.06. The van der Waals surface area contributed by atoms with E-state index in [1.165, 1.54) is 22.3 Å². The first-order valence-corrected chi connectivity index (χ1v) is 7.82. The molecule has 110 valence electrons. The lowest BCUT2D eigenvalue weighted by atomic mass is 9.93. The van der Waals surface area contributed by atoms with Gasteiger partial charge in [-0.05, 0) is 53.9 Å². The van der Waals surface area contributed by atoms with E-state index in [1.807, 2.05) is 6.07 Å². The first-order chi connectivity index (χ1) is 10.2. The molecule has 1 N–H and O–H groups in total. The molecule has 2 nitrogen and oxygen atoms in total. The lowest BCUT2D eigenvalue weighted by Crippen LogP contribution is -2.22. The number of ether oxygens (including phenoxy) is 1. The van der Waals surface area contributed by atoms with Crippen LogP contribution in [0.15, 0.2) is 36.4 Å². The summed E-state index contributed by atoms with van der Waals surface area (Å²) in [6, 6.07) is 12.8. The summed E-state index contributed by atoms with van der Waals surface area (Å²) in [6.45, 7) is 5.96. The summed E-state index contributed by atoms with van der Waals surface area (Å²) in [4.78, 5) is 0. The molecule has 0 saturated carbocycles. The van der Waals surface area contributed by atoms with Crippen molar-refractivity contribution < 1.29 is 4.74 Å². The summed E-state index contributed by atoms with van der Waals surface area (Å²) >= 11 is 6.19. The molecule has 1 aliphatic rings. The Balaban J connectivity index is 2.03. The number of hydrogen-bond donors (Lipinski definition) is 1. The molecule has 2 aromatic carbocycles. The summed E-state index contributed by atoms with van der Waals surface area (Å²) < 4.78 is 5.60. The molecule has 0 radical (unpaired) electrons. The van der Waals surface area contributed by atoms with E-state index in [9.17, 15) is 0 Å². The third kappa shape index (κ3) is 2.92. The molecule has 0 aliphatic carbocycles. The third-order valence-electron chi connectivity index (χ3n) is 4.01. The minimum Gasteiger partial charge on any atom is -0.493 e. The first kappa shape index (κ1) is 14.4. The zero-order chi connectivity index (χ0) is 14.8. The number of rotatable bonds is 4. The Kier molecular flexibility index (Phi) is 4.18. The van der Waals surface area contributed by atoms with Gasteiger partial charge < -0.3 is 10.1 Å². The van der Waals surface area contributed by atoms with Gasteiger partial charge in [0, 0.05) is 11.4 Å². The van der Waals surface area contributed by atoms with Crippen molar-refractivity contribution >= 4 is 11.6 Å². The maximum Gasteiger partial charge on any atom is 0.122 e. The highest BCUT2D eigenvalue weighted by Crippen LogP contribution is 2.32. The topological polar surface area (TPSA) is 21.3 Å². The molecule has 1 unspecified atom stereocenters. The van der Waals surface area contributed by atoms with E-state index in [4.69, 9.17) is 16.3 Å². The summed E-state index contributed by atoms with van der Waals surface area (Å²) in [7, 11) is 0. The highest BCUT2D eigenvalue weighted by molar-refractivity contribution is 6.30. The molecule has 0 amide bonds. The van der Waals surface area contributed by atoms with Crippen LogP contribution >= 0.6 is 11.6 Å². The molecule has 1 aliphatic heterocycles. The smallest absolute Gasteiger partial charge is 0.122 e. The van der Waals surface area contributed by atoms with E-state index in [0.29, 0.717) is 0 Å². The van der Waals surface area contributed by atoms with Crippen molar-refractivity contribution in [3.8, 4) is 5.75 Å². The average Bonchev–Trinajstić information content (AvgIpc) is 2.95. The van der Waals surface area contributed by atoms with Crippen LogP contribution in [-0.4, -0.2) is 13.2 Å². The van der Waals surface area contributed by atoms with Crippen LogP contribution in [0.3, 0.4) is 0 Å². The van der Waals surface area contributed by atoms with Gasteiger partial charge in [0.1, 0.15) is 5.75 Å². The molecule has 3 heteroatoms. The van der Waals surface area contributed by atoms with Gasteiger partial charge in [0.2, 0.25) is 0 Å². The van der Waals surface area contributed by atoms with Crippen molar-refractivity contribution in [3.63, 3.8) is 0 Å². The van der Waals surface area contributed by atoms with E-state index < -0.39 is 0 Å². The van der Waals surface area contributed by atoms with Crippen molar-refractivity contribution in [1.82, 2.24) is 5.32 Å². The number of aryl methyl sites for hydroxylation is 1. The van der Waals surface area contributed by atoms with Crippen LogP contribution in [0.1, 0.15) is 35.2 Å². The first-order valence-electron chi connectivity index (χ1n) is 7.44. The van der Waals surface area contributed by atoms with Crippen molar-refractivity contribution in [3.05, 3.63) is 63.7 Å². The molecular weight excluding hydrogens is 282 g/mol. The van der Waals surface area contributed by atoms with E-state index >= 15 is 0 Å². The van der Waals surface area contributed by atoms with Gasteiger partial charge in [-0.2, -0.15) is 0 Å². The monoisotopic (exact) mass is 301 g/mol. The minimum absolute atomic E-state index is 0.166. The fourth-order valence-corrected chi connectivity index (χ4v) is 3.10. The second-order valence-electron chi connectivity index (χ2n) is 5.46. The van der Waals surface area contributed by atoms with Gasteiger partial charge in [0.05, 0.1) is 12.6 Å². The van der Waals surface area contributed by atoms with Crippen LogP contribution < -0.4 is 10.1 Å². The van der Waals surface area contributed by atoms with Gasteiger partial charge in [-0.15, -0.1) is 0 Å². The summed E-state index contributed by atoms with van der Waals surface area (Å²) in [6.07, 6.45) is 0.997. The Morgan fingerprint density at radius 2 is 2.10 bits per heavy atom. The fourth-order valence-electron chi connectivity index (χ4n) is 2.92. The molecular formula is C18H20ClNO.